The molecule has 3 atom stereocenters. The van der Waals surface area contributed by atoms with E-state index in [2.05, 4.69) is 86.8 Å². The van der Waals surface area contributed by atoms with E-state index in [0.717, 1.165) is 77.0 Å². The van der Waals surface area contributed by atoms with E-state index in [-0.39, 0.29) is 24.9 Å². The lowest BCUT2D eigenvalue weighted by Gasteiger charge is -2.24. The molecule has 0 aromatic carbocycles. The molecule has 0 rings (SSSR count). The summed E-state index contributed by atoms with van der Waals surface area (Å²) in [5.41, 5.74) is 0. The highest BCUT2D eigenvalue weighted by Gasteiger charge is 2.24. The number of carbonyl (C=O) groups excluding carboxylic acids is 2. The van der Waals surface area contributed by atoms with Crippen LogP contribution in [0.3, 0.4) is 0 Å². The van der Waals surface area contributed by atoms with Gasteiger partial charge in [0.1, 0.15) is 6.10 Å². The molecule has 1 amide bonds. The number of aliphatic hydroxyl groups is 2. The van der Waals surface area contributed by atoms with Gasteiger partial charge in [-0.15, -0.1) is 0 Å². The van der Waals surface area contributed by atoms with Crippen molar-refractivity contribution < 1.29 is 24.5 Å². The highest BCUT2D eigenvalue weighted by Crippen LogP contribution is 2.18. The van der Waals surface area contributed by atoms with E-state index < -0.39 is 18.2 Å². The summed E-state index contributed by atoms with van der Waals surface area (Å²) in [5, 5.41) is 23.9. The van der Waals surface area contributed by atoms with Crippen molar-refractivity contribution in [2.24, 2.45) is 0 Å². The number of amides is 1. The molecule has 6 nitrogen and oxygen atoms in total. The second-order valence-electron chi connectivity index (χ2n) is 19.7. The lowest BCUT2D eigenvalue weighted by atomic mass is 10.0. The molecule has 3 unspecified atom stereocenters. The summed E-state index contributed by atoms with van der Waals surface area (Å²) < 4.78 is 5.92. The second-order valence-corrected chi connectivity index (χ2v) is 19.7. The fourth-order valence-corrected chi connectivity index (χ4v) is 8.65. The third kappa shape index (κ3) is 49.8. The molecule has 0 radical (unpaired) electrons. The van der Waals surface area contributed by atoms with Crippen molar-refractivity contribution in [2.45, 2.75) is 309 Å². The minimum absolute atomic E-state index is 0.0452. The standard InChI is InChI=1S/C61H111NO5/c1-4-7-10-13-16-19-22-25-28-30-32-35-38-41-44-47-50-53-59(64)58(56-63)62-60(65)55-57(52-49-46-43-40-37-34-27-24-21-18-15-12-9-6-3)67-61(66)54-51-48-45-42-39-36-33-31-29-26-23-20-17-14-11-8-5-2/h17,20,26,29,33-34,36-37,42,45,57-59,63-64H,4-16,18-19,21-25,27-28,30-32,35,38-41,43-44,46-56H2,1-3H3,(H,62,65)/b20-17-,29-26-,36-33-,37-34+,45-42-. The van der Waals surface area contributed by atoms with Gasteiger partial charge in [0.25, 0.3) is 0 Å². The molecule has 6 heteroatoms. The third-order valence-electron chi connectivity index (χ3n) is 13.1. The van der Waals surface area contributed by atoms with E-state index in [9.17, 15) is 19.8 Å². The second kappa shape index (κ2) is 54.5. The Morgan fingerprint density at radius 2 is 0.761 bits per heavy atom. The molecular weight excluding hydrogens is 827 g/mol. The van der Waals surface area contributed by atoms with Crippen LogP contribution in [0.2, 0.25) is 0 Å². The van der Waals surface area contributed by atoms with Crippen LogP contribution < -0.4 is 5.32 Å². The van der Waals surface area contributed by atoms with Gasteiger partial charge in [-0.25, -0.2) is 0 Å². The summed E-state index contributed by atoms with van der Waals surface area (Å²) in [6.45, 7) is 6.46. The molecule has 0 aliphatic rings. The highest BCUT2D eigenvalue weighted by atomic mass is 16.5. The summed E-state index contributed by atoms with van der Waals surface area (Å²) >= 11 is 0. The van der Waals surface area contributed by atoms with Crippen LogP contribution in [-0.4, -0.2) is 46.9 Å². The van der Waals surface area contributed by atoms with E-state index in [0.29, 0.717) is 25.7 Å². The van der Waals surface area contributed by atoms with Gasteiger partial charge in [-0.1, -0.05) is 248 Å². The van der Waals surface area contributed by atoms with E-state index in [1.165, 1.54) is 161 Å². The molecule has 0 aromatic rings. The van der Waals surface area contributed by atoms with Gasteiger partial charge < -0.3 is 20.3 Å². The lowest BCUT2D eigenvalue weighted by molar-refractivity contribution is -0.151. The Bertz CT molecular complexity index is 1190. The van der Waals surface area contributed by atoms with Crippen LogP contribution >= 0.6 is 0 Å². The summed E-state index contributed by atoms with van der Waals surface area (Å²) in [7, 11) is 0. The van der Waals surface area contributed by atoms with Crippen molar-refractivity contribution in [3.8, 4) is 0 Å². The Labute approximate surface area is 416 Å². The van der Waals surface area contributed by atoms with Crippen LogP contribution in [0.25, 0.3) is 0 Å². The average molecular weight is 939 g/mol. The topological polar surface area (TPSA) is 95.9 Å². The molecule has 67 heavy (non-hydrogen) atoms. The first-order valence-corrected chi connectivity index (χ1v) is 29.0. The fraction of sp³-hybridized carbons (Fsp3) is 0.803. The Morgan fingerprint density at radius 3 is 1.21 bits per heavy atom. The predicted molar refractivity (Wildman–Crippen MR) is 292 cm³/mol. The van der Waals surface area contributed by atoms with Gasteiger partial charge in [-0.05, 0) is 89.9 Å². The van der Waals surface area contributed by atoms with Crippen LogP contribution in [0, 0.1) is 0 Å². The maximum Gasteiger partial charge on any atom is 0.306 e. The molecule has 0 spiro atoms. The molecule has 0 aromatic heterocycles. The van der Waals surface area contributed by atoms with Crippen molar-refractivity contribution in [2.75, 3.05) is 6.61 Å². The van der Waals surface area contributed by atoms with Gasteiger partial charge in [0.2, 0.25) is 5.91 Å². The van der Waals surface area contributed by atoms with E-state index in [4.69, 9.17) is 4.74 Å². The quantitative estimate of drug-likeness (QED) is 0.0321. The van der Waals surface area contributed by atoms with Gasteiger partial charge in [0, 0.05) is 6.42 Å². The van der Waals surface area contributed by atoms with Crippen LogP contribution in [0.5, 0.6) is 0 Å². The predicted octanol–water partition coefficient (Wildman–Crippen LogP) is 18.0. The number of aliphatic hydroxyl groups excluding tert-OH is 2. The van der Waals surface area contributed by atoms with Gasteiger partial charge in [-0.3, -0.25) is 9.59 Å². The Kier molecular flexibility index (Phi) is 52.5. The zero-order valence-corrected chi connectivity index (χ0v) is 44.5. The number of carbonyl (C=O) groups is 2. The molecule has 3 N–H and O–H groups in total. The van der Waals surface area contributed by atoms with Crippen LogP contribution in [0.4, 0.5) is 0 Å². The normalized spacial score (nSPS) is 13.6. The Hall–Kier alpha value is -2.44. The summed E-state index contributed by atoms with van der Waals surface area (Å²) in [5.74, 6) is -0.549. The minimum Gasteiger partial charge on any atom is -0.462 e. The number of nitrogens with one attached hydrogen (secondary N) is 1. The highest BCUT2D eigenvalue weighted by molar-refractivity contribution is 5.77. The SMILES string of the molecule is CCCCC/C=C\C/C=C\C/C=C\C/C=C\CCCC(=O)OC(CCCCC/C=C/CCCCCCCCC)CC(=O)NC(CO)C(O)CCCCCCCCCCCCCCCCCCC. The van der Waals surface area contributed by atoms with Gasteiger partial charge >= 0.3 is 5.97 Å². The Morgan fingerprint density at radius 1 is 0.433 bits per heavy atom. The van der Waals surface area contributed by atoms with Gasteiger partial charge in [-0.2, -0.15) is 0 Å². The molecule has 0 bridgehead atoms. The van der Waals surface area contributed by atoms with Crippen molar-refractivity contribution in [3.63, 3.8) is 0 Å². The zero-order chi connectivity index (χ0) is 48.8. The number of hydrogen-bond acceptors (Lipinski definition) is 5. The number of esters is 1. The zero-order valence-electron chi connectivity index (χ0n) is 44.5. The minimum atomic E-state index is -0.803. The first-order chi connectivity index (χ1) is 33.0. The largest absolute Gasteiger partial charge is 0.462 e. The smallest absolute Gasteiger partial charge is 0.306 e. The fourth-order valence-electron chi connectivity index (χ4n) is 8.65. The number of unbranched alkanes of at least 4 members (excludes halogenated alkanes) is 30. The first-order valence-electron chi connectivity index (χ1n) is 29.0. The molecule has 0 saturated heterocycles. The summed E-state index contributed by atoms with van der Waals surface area (Å²) in [4.78, 5) is 26.2. The van der Waals surface area contributed by atoms with Crippen molar-refractivity contribution in [1.29, 1.82) is 0 Å². The molecule has 0 heterocycles. The number of allylic oxidation sites excluding steroid dienone is 10. The first kappa shape index (κ1) is 64.6. The van der Waals surface area contributed by atoms with Crippen LogP contribution in [0.1, 0.15) is 290 Å². The molecule has 390 valence electrons. The lowest BCUT2D eigenvalue weighted by Crippen LogP contribution is -2.46. The third-order valence-corrected chi connectivity index (χ3v) is 13.1. The van der Waals surface area contributed by atoms with Gasteiger partial charge in [0.05, 0.1) is 25.2 Å². The van der Waals surface area contributed by atoms with Crippen LogP contribution in [-0.2, 0) is 14.3 Å². The Balaban J connectivity index is 4.62. The van der Waals surface area contributed by atoms with Crippen molar-refractivity contribution in [1.82, 2.24) is 5.32 Å². The molecule has 0 saturated carbocycles. The number of ether oxygens (including phenoxy) is 1. The van der Waals surface area contributed by atoms with E-state index in [1.54, 1.807) is 0 Å². The van der Waals surface area contributed by atoms with Gasteiger partial charge in [0.15, 0.2) is 0 Å². The average Bonchev–Trinajstić information content (AvgIpc) is 3.32. The molecular formula is C61H111NO5. The van der Waals surface area contributed by atoms with E-state index >= 15 is 0 Å². The maximum absolute atomic E-state index is 13.3. The molecule has 0 aliphatic carbocycles. The summed E-state index contributed by atoms with van der Waals surface area (Å²) in [6.07, 6.45) is 68.6. The van der Waals surface area contributed by atoms with Crippen molar-refractivity contribution in [3.05, 3.63) is 60.8 Å². The number of hydrogen-bond donors (Lipinski definition) is 3. The molecule has 0 aliphatic heterocycles. The van der Waals surface area contributed by atoms with Crippen molar-refractivity contribution >= 4 is 11.9 Å². The molecule has 0 fully saturated rings. The number of rotatable bonds is 52. The van der Waals surface area contributed by atoms with Crippen LogP contribution in [0.15, 0.2) is 60.8 Å². The maximum atomic E-state index is 13.3. The monoisotopic (exact) mass is 938 g/mol. The van der Waals surface area contributed by atoms with E-state index in [1.807, 2.05) is 0 Å². The summed E-state index contributed by atoms with van der Waals surface area (Å²) in [6, 6.07) is -0.719.